The largest absolute Gasteiger partial charge is 0.399 e. The molecule has 2 aliphatic rings. The minimum atomic E-state index is 0.266. The smallest absolute Gasteiger partial charge is 0.0594 e. The quantitative estimate of drug-likeness (QED) is 0.656. The van der Waals surface area contributed by atoms with Gasteiger partial charge in [-0.3, -0.25) is 0 Å². The van der Waals surface area contributed by atoms with Crippen LogP contribution in [0.25, 0.3) is 0 Å². The van der Waals surface area contributed by atoms with E-state index < -0.39 is 0 Å². The summed E-state index contributed by atoms with van der Waals surface area (Å²) in [6, 6.07) is 0. The molecule has 0 aromatic heterocycles. The molecule has 1 fully saturated rings. The summed E-state index contributed by atoms with van der Waals surface area (Å²) in [4.78, 5) is 2.43. The van der Waals surface area contributed by atoms with Crippen LogP contribution < -0.4 is 11.1 Å². The maximum absolute atomic E-state index is 6.00. The molecule has 0 aliphatic carbocycles. The first-order valence-electron chi connectivity index (χ1n) is 5.27. The van der Waals surface area contributed by atoms with Crippen LogP contribution in [0.1, 0.15) is 26.7 Å². The van der Waals surface area contributed by atoms with Crippen LogP contribution >= 0.6 is 0 Å². The molecule has 2 heterocycles. The molecule has 1 saturated heterocycles. The van der Waals surface area contributed by atoms with E-state index in [1.54, 1.807) is 0 Å². The van der Waals surface area contributed by atoms with E-state index in [2.05, 4.69) is 30.1 Å². The summed E-state index contributed by atoms with van der Waals surface area (Å²) in [5.74, 6) is 0. The first-order chi connectivity index (χ1) is 6.61. The zero-order valence-corrected chi connectivity index (χ0v) is 9.01. The Morgan fingerprint density at radius 2 is 2.29 bits per heavy atom. The number of nitrogens with zero attached hydrogens (tertiary/aromatic N) is 1. The maximum atomic E-state index is 6.00. The van der Waals surface area contributed by atoms with Gasteiger partial charge >= 0.3 is 0 Å². The number of nitrogens with two attached hydrogens (primary N) is 1. The van der Waals surface area contributed by atoms with Gasteiger partial charge in [-0.25, -0.2) is 0 Å². The lowest BCUT2D eigenvalue weighted by atomic mass is 10.0. The van der Waals surface area contributed by atoms with Crippen molar-refractivity contribution in [3.8, 4) is 0 Å². The number of nitrogens with one attached hydrogen (secondary N) is 1. The summed E-state index contributed by atoms with van der Waals surface area (Å²) in [5, 5.41) is 3.13. The zero-order chi connectivity index (χ0) is 10.2. The standard InChI is InChI=1S/C11H19N3/c1-11(2)5-3-7-14(11)10-4-6-13-8-9(10)12/h4,6,13H,3,5,7-8,12H2,1-2H3. The number of likely N-dealkylation sites (tertiary alicyclic amines) is 1. The van der Waals surface area contributed by atoms with Crippen molar-refractivity contribution < 1.29 is 0 Å². The maximum Gasteiger partial charge on any atom is 0.0594 e. The molecule has 0 aromatic rings. The number of rotatable bonds is 1. The molecule has 0 aromatic carbocycles. The Hall–Kier alpha value is -1.12. The van der Waals surface area contributed by atoms with Crippen molar-refractivity contribution in [2.45, 2.75) is 32.2 Å². The fraction of sp³-hybridized carbons (Fsp3) is 0.636. The third-order valence-electron chi connectivity index (χ3n) is 3.17. The van der Waals surface area contributed by atoms with Crippen LogP contribution in [0.5, 0.6) is 0 Å². The fourth-order valence-electron chi connectivity index (χ4n) is 2.32. The predicted molar refractivity (Wildman–Crippen MR) is 58.4 cm³/mol. The molecule has 0 spiro atoms. The van der Waals surface area contributed by atoms with Crippen LogP contribution in [-0.2, 0) is 0 Å². The van der Waals surface area contributed by atoms with E-state index in [9.17, 15) is 0 Å². The van der Waals surface area contributed by atoms with Crippen molar-refractivity contribution in [1.82, 2.24) is 10.2 Å². The van der Waals surface area contributed by atoms with Crippen LogP contribution in [-0.4, -0.2) is 23.5 Å². The second kappa shape index (κ2) is 3.23. The minimum Gasteiger partial charge on any atom is -0.399 e. The number of hydrogen-bond acceptors (Lipinski definition) is 3. The molecule has 3 nitrogen and oxygen atoms in total. The Morgan fingerprint density at radius 1 is 1.50 bits per heavy atom. The molecular formula is C11H19N3. The minimum absolute atomic E-state index is 0.266. The van der Waals surface area contributed by atoms with Crippen molar-refractivity contribution in [1.29, 1.82) is 0 Å². The van der Waals surface area contributed by atoms with Gasteiger partial charge in [0.05, 0.1) is 17.9 Å². The summed E-state index contributed by atoms with van der Waals surface area (Å²) in [7, 11) is 0. The lowest BCUT2D eigenvalue weighted by Crippen LogP contribution is -2.40. The van der Waals surface area contributed by atoms with Crippen molar-refractivity contribution >= 4 is 0 Å². The highest BCUT2D eigenvalue weighted by Crippen LogP contribution is 2.33. The van der Waals surface area contributed by atoms with Crippen LogP contribution in [0.15, 0.2) is 23.7 Å². The molecule has 0 radical (unpaired) electrons. The molecule has 14 heavy (non-hydrogen) atoms. The molecule has 3 heteroatoms. The van der Waals surface area contributed by atoms with Crippen LogP contribution in [0.3, 0.4) is 0 Å². The number of dihydropyridines is 1. The molecule has 0 saturated carbocycles. The molecule has 0 bridgehead atoms. The average Bonchev–Trinajstić information content (AvgIpc) is 2.46. The summed E-state index contributed by atoms with van der Waals surface area (Å²) in [6.45, 7) is 6.48. The average molecular weight is 193 g/mol. The van der Waals surface area contributed by atoms with E-state index in [0.29, 0.717) is 0 Å². The van der Waals surface area contributed by atoms with Gasteiger partial charge in [0.25, 0.3) is 0 Å². The van der Waals surface area contributed by atoms with E-state index in [1.807, 2.05) is 6.20 Å². The van der Waals surface area contributed by atoms with Crippen LogP contribution in [0.2, 0.25) is 0 Å². The third kappa shape index (κ3) is 1.47. The first-order valence-corrected chi connectivity index (χ1v) is 5.27. The van der Waals surface area contributed by atoms with E-state index in [1.165, 1.54) is 18.5 Å². The highest BCUT2D eigenvalue weighted by atomic mass is 15.2. The lowest BCUT2D eigenvalue weighted by molar-refractivity contribution is 0.231. The molecule has 2 rings (SSSR count). The van der Waals surface area contributed by atoms with Gasteiger partial charge in [0.1, 0.15) is 0 Å². The topological polar surface area (TPSA) is 41.3 Å². The zero-order valence-electron chi connectivity index (χ0n) is 9.01. The summed E-state index contributed by atoms with van der Waals surface area (Å²) < 4.78 is 0. The molecule has 78 valence electrons. The monoisotopic (exact) mass is 193 g/mol. The fourth-order valence-corrected chi connectivity index (χ4v) is 2.32. The van der Waals surface area contributed by atoms with Crippen molar-refractivity contribution in [2.75, 3.05) is 13.1 Å². The van der Waals surface area contributed by atoms with Gasteiger partial charge in [-0.2, -0.15) is 0 Å². The van der Waals surface area contributed by atoms with Crippen LogP contribution in [0.4, 0.5) is 0 Å². The summed E-state index contributed by atoms with van der Waals surface area (Å²) in [6.07, 6.45) is 6.60. The Morgan fingerprint density at radius 3 is 2.86 bits per heavy atom. The van der Waals surface area contributed by atoms with Gasteiger partial charge in [-0.15, -0.1) is 0 Å². The van der Waals surface area contributed by atoms with E-state index in [-0.39, 0.29) is 5.54 Å². The normalized spacial score (nSPS) is 25.4. The van der Waals surface area contributed by atoms with Gasteiger partial charge in [0.2, 0.25) is 0 Å². The SMILES string of the molecule is CC1(C)CCCN1C1=C(N)CNC=C1. The molecule has 3 N–H and O–H groups in total. The van der Waals surface area contributed by atoms with Gasteiger partial charge in [-0.1, -0.05) is 0 Å². The second-order valence-electron chi connectivity index (χ2n) is 4.69. The Labute approximate surface area is 85.6 Å². The molecule has 0 unspecified atom stereocenters. The van der Waals surface area contributed by atoms with E-state index in [4.69, 9.17) is 5.73 Å². The van der Waals surface area contributed by atoms with Crippen molar-refractivity contribution in [3.63, 3.8) is 0 Å². The third-order valence-corrected chi connectivity index (χ3v) is 3.17. The van der Waals surface area contributed by atoms with Gasteiger partial charge in [-0.05, 0) is 39.0 Å². The molecular weight excluding hydrogens is 174 g/mol. The van der Waals surface area contributed by atoms with Gasteiger partial charge in [0.15, 0.2) is 0 Å². The Kier molecular flexibility index (Phi) is 2.17. The van der Waals surface area contributed by atoms with Gasteiger partial charge in [0, 0.05) is 12.1 Å². The van der Waals surface area contributed by atoms with Crippen LogP contribution in [0, 0.1) is 0 Å². The predicted octanol–water partition coefficient (Wildman–Crippen LogP) is 1.15. The number of allylic oxidation sites excluding steroid dienone is 1. The summed E-state index contributed by atoms with van der Waals surface area (Å²) >= 11 is 0. The summed E-state index contributed by atoms with van der Waals surface area (Å²) in [5.41, 5.74) is 8.44. The lowest BCUT2D eigenvalue weighted by Gasteiger charge is -2.36. The molecule has 0 amide bonds. The highest BCUT2D eigenvalue weighted by molar-refractivity contribution is 5.29. The Bertz CT molecular complexity index is 289. The molecule has 0 atom stereocenters. The van der Waals surface area contributed by atoms with E-state index in [0.717, 1.165) is 18.8 Å². The van der Waals surface area contributed by atoms with Crippen molar-refractivity contribution in [2.24, 2.45) is 5.73 Å². The van der Waals surface area contributed by atoms with E-state index >= 15 is 0 Å². The molecule has 2 aliphatic heterocycles. The second-order valence-corrected chi connectivity index (χ2v) is 4.69. The Balaban J connectivity index is 2.26. The first kappa shape index (κ1) is 9.44. The van der Waals surface area contributed by atoms with Crippen molar-refractivity contribution in [3.05, 3.63) is 23.7 Å². The highest BCUT2D eigenvalue weighted by Gasteiger charge is 2.33. The number of hydrogen-bond donors (Lipinski definition) is 2. The van der Waals surface area contributed by atoms with Gasteiger partial charge < -0.3 is 16.0 Å².